The first-order valence-electron chi connectivity index (χ1n) is 7.93. The molecule has 1 aromatic heterocycles. The van der Waals surface area contributed by atoms with Crippen molar-refractivity contribution in [2.45, 2.75) is 19.8 Å². The first kappa shape index (κ1) is 16.5. The highest BCUT2D eigenvalue weighted by Crippen LogP contribution is 2.22. The molecule has 0 radical (unpaired) electrons. The molecule has 5 nitrogen and oxygen atoms in total. The van der Waals surface area contributed by atoms with Crippen LogP contribution in [0.15, 0.2) is 59.0 Å². The normalized spacial score (nSPS) is 10.2. The van der Waals surface area contributed by atoms with Gasteiger partial charge in [0.2, 0.25) is 11.8 Å². The van der Waals surface area contributed by atoms with Gasteiger partial charge in [0.15, 0.2) is 0 Å². The maximum atomic E-state index is 12.2. The van der Waals surface area contributed by atoms with Crippen molar-refractivity contribution in [2.24, 2.45) is 0 Å². The highest BCUT2D eigenvalue weighted by molar-refractivity contribution is 5.92. The predicted molar refractivity (Wildman–Crippen MR) is 94.8 cm³/mol. The summed E-state index contributed by atoms with van der Waals surface area (Å²) in [6.07, 6.45) is 0.497. The molecule has 2 aromatic carbocycles. The van der Waals surface area contributed by atoms with E-state index in [9.17, 15) is 4.79 Å². The monoisotopic (exact) mass is 331 g/mol. The van der Waals surface area contributed by atoms with E-state index in [1.54, 1.807) is 19.1 Å². The standard InChI is InChI=1S/C20H17N3O2/c1-14-18(23-20(25-14)16-5-3-2-4-6-16)13-19(24)22-17-9-7-15(8-10-17)11-12-21/h2-10H,11,13H2,1H3,(H,22,24). The van der Waals surface area contributed by atoms with E-state index in [0.29, 0.717) is 29.5 Å². The van der Waals surface area contributed by atoms with Crippen LogP contribution in [0.4, 0.5) is 5.69 Å². The fourth-order valence-corrected chi connectivity index (χ4v) is 2.45. The second kappa shape index (κ2) is 7.45. The van der Waals surface area contributed by atoms with Gasteiger partial charge in [0, 0.05) is 11.3 Å². The number of oxazole rings is 1. The predicted octanol–water partition coefficient (Wildman–Crippen LogP) is 3.90. The van der Waals surface area contributed by atoms with Crippen LogP contribution in [0.2, 0.25) is 0 Å². The van der Waals surface area contributed by atoms with Gasteiger partial charge in [-0.3, -0.25) is 4.79 Å². The van der Waals surface area contributed by atoms with Crippen molar-refractivity contribution >= 4 is 11.6 Å². The van der Waals surface area contributed by atoms with Gasteiger partial charge in [0.05, 0.1) is 24.6 Å². The molecule has 0 bridgehead atoms. The van der Waals surface area contributed by atoms with Crippen molar-refractivity contribution in [3.63, 3.8) is 0 Å². The number of hydrogen-bond donors (Lipinski definition) is 1. The van der Waals surface area contributed by atoms with Gasteiger partial charge in [-0.2, -0.15) is 5.26 Å². The van der Waals surface area contributed by atoms with Crippen molar-refractivity contribution in [1.82, 2.24) is 4.98 Å². The number of amides is 1. The number of benzene rings is 2. The summed E-state index contributed by atoms with van der Waals surface area (Å²) in [6, 6.07) is 18.9. The maximum absolute atomic E-state index is 12.2. The van der Waals surface area contributed by atoms with Gasteiger partial charge in [-0.15, -0.1) is 0 Å². The summed E-state index contributed by atoms with van der Waals surface area (Å²) in [5.74, 6) is 0.990. The summed E-state index contributed by atoms with van der Waals surface area (Å²) in [5.41, 5.74) is 3.11. The van der Waals surface area contributed by atoms with Crippen LogP contribution >= 0.6 is 0 Å². The second-order valence-electron chi connectivity index (χ2n) is 5.64. The Labute approximate surface area is 145 Å². The zero-order valence-corrected chi connectivity index (χ0v) is 13.8. The minimum atomic E-state index is -0.163. The number of carbonyl (C=O) groups is 1. The number of nitriles is 1. The highest BCUT2D eigenvalue weighted by atomic mass is 16.4. The lowest BCUT2D eigenvalue weighted by molar-refractivity contribution is -0.115. The topological polar surface area (TPSA) is 78.9 Å². The smallest absolute Gasteiger partial charge is 0.230 e. The summed E-state index contributed by atoms with van der Waals surface area (Å²) in [6.45, 7) is 1.80. The lowest BCUT2D eigenvalue weighted by atomic mass is 10.1. The van der Waals surface area contributed by atoms with Crippen LogP contribution in [0, 0.1) is 18.3 Å². The van der Waals surface area contributed by atoms with Gasteiger partial charge in [-0.1, -0.05) is 30.3 Å². The van der Waals surface area contributed by atoms with E-state index in [2.05, 4.69) is 16.4 Å². The van der Waals surface area contributed by atoms with Crippen LogP contribution in [0.25, 0.3) is 11.5 Å². The molecule has 1 amide bonds. The van der Waals surface area contributed by atoms with E-state index in [1.807, 2.05) is 42.5 Å². The molecule has 3 rings (SSSR count). The van der Waals surface area contributed by atoms with Crippen molar-refractivity contribution < 1.29 is 9.21 Å². The van der Waals surface area contributed by atoms with Crippen molar-refractivity contribution in [1.29, 1.82) is 5.26 Å². The lowest BCUT2D eigenvalue weighted by Gasteiger charge is -2.04. The summed E-state index contributed by atoms with van der Waals surface area (Å²) in [4.78, 5) is 16.7. The number of carbonyl (C=O) groups excluding carboxylic acids is 1. The van der Waals surface area contributed by atoms with E-state index in [4.69, 9.17) is 9.68 Å². The third-order valence-corrected chi connectivity index (χ3v) is 3.76. The molecule has 1 heterocycles. The van der Waals surface area contributed by atoms with Gasteiger partial charge < -0.3 is 9.73 Å². The maximum Gasteiger partial charge on any atom is 0.230 e. The molecule has 0 atom stereocenters. The Bertz CT molecular complexity index is 906. The first-order valence-corrected chi connectivity index (χ1v) is 7.93. The first-order chi connectivity index (χ1) is 12.2. The third-order valence-electron chi connectivity index (χ3n) is 3.76. The number of nitrogens with zero attached hydrogens (tertiary/aromatic N) is 2. The Morgan fingerprint density at radius 2 is 1.88 bits per heavy atom. The van der Waals surface area contributed by atoms with Crippen LogP contribution in [0.1, 0.15) is 17.0 Å². The molecule has 0 unspecified atom stereocenters. The average Bonchev–Trinajstić information content (AvgIpc) is 2.98. The summed E-state index contributed by atoms with van der Waals surface area (Å²) in [7, 11) is 0. The quantitative estimate of drug-likeness (QED) is 0.769. The van der Waals surface area contributed by atoms with Gasteiger partial charge >= 0.3 is 0 Å². The number of aryl methyl sites for hydroxylation is 1. The average molecular weight is 331 g/mol. The van der Waals surface area contributed by atoms with Crippen molar-refractivity contribution in [3.05, 3.63) is 71.6 Å². The summed E-state index contributed by atoms with van der Waals surface area (Å²) in [5, 5.41) is 11.5. The minimum absolute atomic E-state index is 0.141. The Hall–Kier alpha value is -3.39. The molecule has 0 aliphatic carbocycles. The van der Waals surface area contributed by atoms with Crippen LogP contribution in [-0.4, -0.2) is 10.9 Å². The number of anilines is 1. The van der Waals surface area contributed by atoms with E-state index in [-0.39, 0.29) is 12.3 Å². The summed E-state index contributed by atoms with van der Waals surface area (Å²) < 4.78 is 5.67. The Balaban J connectivity index is 1.67. The molecule has 0 saturated heterocycles. The van der Waals surface area contributed by atoms with Gasteiger partial charge in [0.25, 0.3) is 0 Å². The third kappa shape index (κ3) is 4.12. The fourth-order valence-electron chi connectivity index (χ4n) is 2.45. The Kier molecular flexibility index (Phi) is 4.91. The Morgan fingerprint density at radius 3 is 2.56 bits per heavy atom. The zero-order valence-electron chi connectivity index (χ0n) is 13.8. The van der Waals surface area contributed by atoms with E-state index in [1.165, 1.54) is 0 Å². The van der Waals surface area contributed by atoms with Crippen LogP contribution < -0.4 is 5.32 Å². The number of rotatable bonds is 5. The van der Waals surface area contributed by atoms with Gasteiger partial charge in [-0.25, -0.2) is 4.98 Å². The molecule has 25 heavy (non-hydrogen) atoms. The second-order valence-corrected chi connectivity index (χ2v) is 5.64. The van der Waals surface area contributed by atoms with E-state index in [0.717, 1.165) is 11.1 Å². The molecule has 0 aliphatic heterocycles. The SMILES string of the molecule is Cc1oc(-c2ccccc2)nc1CC(=O)Nc1ccc(CC#N)cc1. The van der Waals surface area contributed by atoms with E-state index >= 15 is 0 Å². The molecular formula is C20H17N3O2. The zero-order chi connectivity index (χ0) is 17.6. The van der Waals surface area contributed by atoms with E-state index < -0.39 is 0 Å². The number of hydrogen-bond acceptors (Lipinski definition) is 4. The molecule has 3 aromatic rings. The van der Waals surface area contributed by atoms with Crippen molar-refractivity contribution in [2.75, 3.05) is 5.32 Å². The number of nitrogens with one attached hydrogen (secondary N) is 1. The largest absolute Gasteiger partial charge is 0.441 e. The van der Waals surface area contributed by atoms with Gasteiger partial charge in [0.1, 0.15) is 5.76 Å². The highest BCUT2D eigenvalue weighted by Gasteiger charge is 2.14. The molecule has 0 spiro atoms. The van der Waals surface area contributed by atoms with Crippen LogP contribution in [0.5, 0.6) is 0 Å². The minimum Gasteiger partial charge on any atom is -0.441 e. The molecule has 0 fully saturated rings. The number of aromatic nitrogens is 1. The Morgan fingerprint density at radius 1 is 1.16 bits per heavy atom. The lowest BCUT2D eigenvalue weighted by Crippen LogP contribution is -2.15. The van der Waals surface area contributed by atoms with Crippen LogP contribution in [0.3, 0.4) is 0 Å². The van der Waals surface area contributed by atoms with Crippen LogP contribution in [-0.2, 0) is 17.6 Å². The summed E-state index contributed by atoms with van der Waals surface area (Å²) >= 11 is 0. The molecule has 5 heteroatoms. The molecular weight excluding hydrogens is 314 g/mol. The fraction of sp³-hybridized carbons (Fsp3) is 0.150. The molecule has 0 saturated carbocycles. The molecule has 0 aliphatic rings. The molecule has 124 valence electrons. The van der Waals surface area contributed by atoms with Gasteiger partial charge in [-0.05, 0) is 36.8 Å². The molecule has 1 N–H and O–H groups in total. The van der Waals surface area contributed by atoms with Crippen molar-refractivity contribution in [3.8, 4) is 17.5 Å².